The van der Waals surface area contributed by atoms with Crippen LogP contribution < -0.4 is 5.73 Å². The number of nitrogens with two attached hydrogens (primary N) is 1. The summed E-state index contributed by atoms with van der Waals surface area (Å²) < 4.78 is 32.5. The van der Waals surface area contributed by atoms with Crippen LogP contribution in [0.15, 0.2) is 109 Å². The number of esters is 2. The molecule has 5 N–H and O–H groups in total. The molecule has 0 aromatic carbocycles. The van der Waals surface area contributed by atoms with Crippen LogP contribution in [0.5, 0.6) is 0 Å². The summed E-state index contributed by atoms with van der Waals surface area (Å²) >= 11 is 0. The molecule has 0 fully saturated rings. The number of allylic oxidation sites excluding steroid dienone is 17. The van der Waals surface area contributed by atoms with Gasteiger partial charge in [-0.25, -0.2) is 4.57 Å². The number of unbranched alkanes of at least 4 members (excludes halogenated alkanes) is 1. The zero-order chi connectivity index (χ0) is 42.1. The first-order chi connectivity index (χ1) is 27.6. The standard InChI is InChI=1S/C45H72NO10P/c1-3-5-7-9-11-13-15-17-18-19-20-21-23-25-27-29-31-35-45(50)56-41(40-55-57(51,52)54-38-37-46)39-53-44(49)36-32-34-43(48)42(47)33-30-28-26-24-22-16-14-12-10-8-6-4-2/h5-8,11-14,17-18,20-22,24-25,27-28,30,41-43,47-48H,3-4,9-10,15-16,19,23,26,29,31-40,46H2,1-2H3,(H,51,52)/b7-5-,8-6-,13-11-,14-12-,18-17-,21-20-,24-22-,27-25-,30-28-/t41-,42+,43+/m1/s1. The van der Waals surface area contributed by atoms with Gasteiger partial charge in [-0.2, -0.15) is 0 Å². The number of carbonyl (C=O) groups excluding carboxylic acids is 2. The van der Waals surface area contributed by atoms with Gasteiger partial charge in [0.25, 0.3) is 0 Å². The smallest absolute Gasteiger partial charge is 0.462 e. The van der Waals surface area contributed by atoms with Crippen LogP contribution >= 0.6 is 7.82 Å². The monoisotopic (exact) mass is 817 g/mol. The lowest BCUT2D eigenvalue weighted by atomic mass is 10.0. The Hall–Kier alpha value is -3.41. The highest BCUT2D eigenvalue weighted by molar-refractivity contribution is 7.47. The summed E-state index contributed by atoms with van der Waals surface area (Å²) in [4.78, 5) is 34.9. The first-order valence-corrected chi connectivity index (χ1v) is 22.0. The molecule has 0 radical (unpaired) electrons. The molecular formula is C45H72NO10P. The van der Waals surface area contributed by atoms with E-state index in [1.165, 1.54) is 0 Å². The van der Waals surface area contributed by atoms with E-state index in [4.69, 9.17) is 24.3 Å². The summed E-state index contributed by atoms with van der Waals surface area (Å²) in [5.74, 6) is -1.20. The van der Waals surface area contributed by atoms with Crippen molar-refractivity contribution in [3.05, 3.63) is 109 Å². The topological polar surface area (TPSA) is 175 Å². The van der Waals surface area contributed by atoms with Gasteiger partial charge in [-0.3, -0.25) is 18.6 Å². The molecule has 0 saturated carbocycles. The fraction of sp³-hybridized carbons (Fsp3) is 0.556. The number of rotatable bonds is 36. The molecule has 11 nitrogen and oxygen atoms in total. The van der Waals surface area contributed by atoms with Gasteiger partial charge >= 0.3 is 19.8 Å². The van der Waals surface area contributed by atoms with Crippen LogP contribution in [-0.2, 0) is 32.7 Å². The number of phosphoric ester groups is 1. The second-order valence-corrected chi connectivity index (χ2v) is 14.5. The molecule has 0 spiro atoms. The maximum absolute atomic E-state index is 12.6. The SMILES string of the molecule is CC/C=C\C/C=C\C/C=C\C/C=C\C/C=C\CCCC(=O)O[C@H](COC(=O)CCC[C@H](O)[C@@H](O)C/C=C\C/C=C\C/C=C\C/C=C\CC)COP(=O)(O)OCCN. The van der Waals surface area contributed by atoms with Gasteiger partial charge in [0, 0.05) is 19.4 Å². The Balaban J connectivity index is 4.55. The minimum Gasteiger partial charge on any atom is -0.462 e. The van der Waals surface area contributed by atoms with Crippen LogP contribution in [0.1, 0.15) is 117 Å². The van der Waals surface area contributed by atoms with Crippen molar-refractivity contribution >= 4 is 19.8 Å². The molecule has 0 aromatic rings. The predicted molar refractivity (Wildman–Crippen MR) is 231 cm³/mol. The van der Waals surface area contributed by atoms with E-state index in [0.717, 1.165) is 57.8 Å². The van der Waals surface area contributed by atoms with Gasteiger partial charge in [0.2, 0.25) is 0 Å². The fourth-order valence-electron chi connectivity index (χ4n) is 4.75. The van der Waals surface area contributed by atoms with Crippen molar-refractivity contribution in [2.24, 2.45) is 5.73 Å². The molecule has 0 heterocycles. The Morgan fingerprint density at radius 1 is 0.596 bits per heavy atom. The third-order valence-electron chi connectivity index (χ3n) is 7.85. The number of carbonyl (C=O) groups is 2. The van der Waals surface area contributed by atoms with Gasteiger partial charge in [-0.15, -0.1) is 0 Å². The van der Waals surface area contributed by atoms with Gasteiger partial charge < -0.3 is 30.3 Å². The van der Waals surface area contributed by atoms with Crippen molar-refractivity contribution in [2.75, 3.05) is 26.4 Å². The maximum Gasteiger partial charge on any atom is 0.472 e. The molecule has 12 heteroatoms. The molecule has 4 atom stereocenters. The Labute approximate surface area is 343 Å². The van der Waals surface area contributed by atoms with Crippen LogP contribution in [0.25, 0.3) is 0 Å². The first kappa shape index (κ1) is 53.6. The van der Waals surface area contributed by atoms with E-state index in [2.05, 4.69) is 92.8 Å². The predicted octanol–water partition coefficient (Wildman–Crippen LogP) is 9.54. The molecule has 0 bridgehead atoms. The zero-order valence-corrected chi connectivity index (χ0v) is 35.4. The van der Waals surface area contributed by atoms with E-state index >= 15 is 0 Å². The minimum absolute atomic E-state index is 0.00200. The van der Waals surface area contributed by atoms with Crippen LogP contribution in [0.4, 0.5) is 0 Å². The lowest BCUT2D eigenvalue weighted by molar-refractivity contribution is -0.161. The lowest BCUT2D eigenvalue weighted by Crippen LogP contribution is -2.30. The van der Waals surface area contributed by atoms with Crippen LogP contribution in [0, 0.1) is 0 Å². The normalized spacial score (nSPS) is 15.5. The van der Waals surface area contributed by atoms with Gasteiger partial charge in [0.05, 0.1) is 25.4 Å². The molecular weight excluding hydrogens is 745 g/mol. The van der Waals surface area contributed by atoms with E-state index in [1.807, 2.05) is 30.4 Å². The average molecular weight is 818 g/mol. The van der Waals surface area contributed by atoms with E-state index in [-0.39, 0.29) is 45.3 Å². The molecule has 0 saturated heterocycles. The van der Waals surface area contributed by atoms with Gasteiger partial charge in [0.15, 0.2) is 6.10 Å². The maximum atomic E-state index is 12.6. The van der Waals surface area contributed by atoms with Crippen molar-refractivity contribution in [2.45, 2.75) is 135 Å². The van der Waals surface area contributed by atoms with Crippen molar-refractivity contribution in [3.63, 3.8) is 0 Å². The summed E-state index contributed by atoms with van der Waals surface area (Å²) in [5.41, 5.74) is 5.32. The lowest BCUT2D eigenvalue weighted by Gasteiger charge is -2.20. The molecule has 0 rings (SSSR count). The third kappa shape index (κ3) is 37.9. The first-order valence-electron chi connectivity index (χ1n) is 20.5. The van der Waals surface area contributed by atoms with Crippen LogP contribution in [-0.4, -0.2) is 71.7 Å². The van der Waals surface area contributed by atoms with Crippen LogP contribution in [0.3, 0.4) is 0 Å². The van der Waals surface area contributed by atoms with Gasteiger partial charge in [0.1, 0.15) is 6.61 Å². The Bertz CT molecular complexity index is 1330. The third-order valence-corrected chi connectivity index (χ3v) is 8.84. The summed E-state index contributed by atoms with van der Waals surface area (Å²) in [6.45, 7) is 3.06. The molecule has 322 valence electrons. The molecule has 0 amide bonds. The highest BCUT2D eigenvalue weighted by atomic mass is 31.2. The largest absolute Gasteiger partial charge is 0.472 e. The van der Waals surface area contributed by atoms with Crippen LogP contribution in [0.2, 0.25) is 0 Å². The minimum atomic E-state index is -4.47. The summed E-state index contributed by atoms with van der Waals surface area (Å²) in [7, 11) is -4.47. The molecule has 1 unspecified atom stereocenters. The Morgan fingerprint density at radius 2 is 1.05 bits per heavy atom. The second kappa shape index (κ2) is 39.4. The number of hydrogen-bond donors (Lipinski definition) is 4. The highest BCUT2D eigenvalue weighted by Gasteiger charge is 2.26. The Morgan fingerprint density at radius 3 is 1.54 bits per heavy atom. The van der Waals surface area contributed by atoms with E-state index < -0.39 is 51.3 Å². The molecule has 0 aliphatic carbocycles. The van der Waals surface area contributed by atoms with Crippen molar-refractivity contribution in [1.82, 2.24) is 0 Å². The molecule has 0 aromatic heterocycles. The van der Waals surface area contributed by atoms with Crippen molar-refractivity contribution < 1.29 is 47.8 Å². The average Bonchev–Trinajstić information content (AvgIpc) is 3.19. The van der Waals surface area contributed by atoms with E-state index in [0.29, 0.717) is 12.8 Å². The number of ether oxygens (including phenoxy) is 2. The number of hydrogen-bond acceptors (Lipinski definition) is 10. The van der Waals surface area contributed by atoms with Crippen molar-refractivity contribution in [1.29, 1.82) is 0 Å². The molecule has 57 heavy (non-hydrogen) atoms. The number of phosphoric acid groups is 1. The fourth-order valence-corrected chi connectivity index (χ4v) is 5.52. The van der Waals surface area contributed by atoms with Gasteiger partial charge in [-0.05, 0) is 89.9 Å². The number of aliphatic hydroxyl groups is 2. The molecule has 0 aliphatic rings. The highest BCUT2D eigenvalue weighted by Crippen LogP contribution is 2.43. The zero-order valence-electron chi connectivity index (χ0n) is 34.5. The summed E-state index contributed by atoms with van der Waals surface area (Å²) in [6.07, 6.45) is 44.5. The summed E-state index contributed by atoms with van der Waals surface area (Å²) in [5, 5.41) is 20.6. The summed E-state index contributed by atoms with van der Waals surface area (Å²) in [6, 6.07) is 0. The molecule has 0 aliphatic heterocycles. The van der Waals surface area contributed by atoms with Crippen molar-refractivity contribution in [3.8, 4) is 0 Å². The van der Waals surface area contributed by atoms with Gasteiger partial charge in [-0.1, -0.05) is 123 Å². The quantitative estimate of drug-likeness (QED) is 0.0205. The number of aliphatic hydroxyl groups excluding tert-OH is 2. The van der Waals surface area contributed by atoms with E-state index in [9.17, 15) is 29.3 Å². The second-order valence-electron chi connectivity index (χ2n) is 13.0. The van der Waals surface area contributed by atoms with E-state index in [1.54, 1.807) is 0 Å². The Kier molecular flexibility index (Phi) is 37.1.